The average molecular weight is 662 g/mol. The van der Waals surface area contributed by atoms with E-state index >= 15 is 0 Å². The van der Waals surface area contributed by atoms with E-state index in [4.69, 9.17) is 4.98 Å². The summed E-state index contributed by atoms with van der Waals surface area (Å²) in [4.78, 5) is 14.3. The van der Waals surface area contributed by atoms with Gasteiger partial charge >= 0.3 is 0 Å². The van der Waals surface area contributed by atoms with Gasteiger partial charge in [0, 0.05) is 12.4 Å². The van der Waals surface area contributed by atoms with E-state index in [0.29, 0.717) is 0 Å². The highest BCUT2D eigenvalue weighted by Gasteiger charge is 2.18. The van der Waals surface area contributed by atoms with Crippen LogP contribution in [0.15, 0.2) is 188 Å². The molecular formula is C49H31N3. The molecule has 3 heterocycles. The monoisotopic (exact) mass is 661 g/mol. The summed E-state index contributed by atoms with van der Waals surface area (Å²) in [6.45, 7) is 0. The number of pyridine rings is 3. The summed E-state index contributed by atoms with van der Waals surface area (Å²) in [5.41, 5.74) is 10.4. The number of rotatable bonds is 5. The van der Waals surface area contributed by atoms with Gasteiger partial charge in [0.2, 0.25) is 0 Å². The van der Waals surface area contributed by atoms with Gasteiger partial charge in [0.15, 0.2) is 0 Å². The number of aromatic nitrogens is 3. The van der Waals surface area contributed by atoms with Crippen LogP contribution >= 0.6 is 0 Å². The minimum Gasteiger partial charge on any atom is -0.255 e. The zero-order chi connectivity index (χ0) is 34.4. The van der Waals surface area contributed by atoms with Crippen molar-refractivity contribution in [2.24, 2.45) is 0 Å². The Morgan fingerprint density at radius 1 is 0.250 bits per heavy atom. The number of hydrogen-bond donors (Lipinski definition) is 0. The van der Waals surface area contributed by atoms with Crippen LogP contribution in [0.5, 0.6) is 0 Å². The molecule has 0 atom stereocenters. The van der Waals surface area contributed by atoms with E-state index in [0.717, 1.165) is 33.9 Å². The predicted molar refractivity (Wildman–Crippen MR) is 217 cm³/mol. The van der Waals surface area contributed by atoms with Gasteiger partial charge in [0.1, 0.15) is 0 Å². The molecule has 0 amide bonds. The fraction of sp³-hybridized carbons (Fsp3) is 0. The highest BCUT2D eigenvalue weighted by atomic mass is 14.8. The third kappa shape index (κ3) is 5.02. The molecule has 3 heteroatoms. The average Bonchev–Trinajstić information content (AvgIpc) is 3.23. The van der Waals surface area contributed by atoms with Crippen molar-refractivity contribution in [3.8, 4) is 56.2 Å². The molecule has 0 spiro atoms. The molecule has 10 rings (SSSR count). The van der Waals surface area contributed by atoms with Crippen LogP contribution in [-0.4, -0.2) is 15.0 Å². The van der Waals surface area contributed by atoms with E-state index in [1.54, 1.807) is 0 Å². The van der Waals surface area contributed by atoms with Crippen LogP contribution < -0.4 is 0 Å². The second-order valence-corrected chi connectivity index (χ2v) is 13.2. The highest BCUT2D eigenvalue weighted by molar-refractivity contribution is 6.25. The molecule has 10 aromatic rings. The van der Waals surface area contributed by atoms with Crippen LogP contribution in [-0.2, 0) is 0 Å². The molecular weight excluding hydrogens is 631 g/mol. The van der Waals surface area contributed by atoms with E-state index in [9.17, 15) is 0 Å². The van der Waals surface area contributed by atoms with Crippen LogP contribution in [0.3, 0.4) is 0 Å². The molecule has 0 saturated carbocycles. The van der Waals surface area contributed by atoms with Gasteiger partial charge in [-0.15, -0.1) is 0 Å². The second-order valence-electron chi connectivity index (χ2n) is 13.2. The van der Waals surface area contributed by atoms with Gasteiger partial charge in [0.05, 0.1) is 22.8 Å². The Kier molecular flexibility index (Phi) is 7.14. The topological polar surface area (TPSA) is 38.7 Å². The van der Waals surface area contributed by atoms with Crippen molar-refractivity contribution < 1.29 is 0 Å². The fourth-order valence-corrected chi connectivity index (χ4v) is 7.79. The summed E-state index contributed by atoms with van der Waals surface area (Å²) in [5.74, 6) is 0. The standard InChI is InChI=1S/C49H31N3/c1-2-14-32(15-3-1)42-30-44-40-21-9-8-20-39(40)43(31-45(44)38-19-7-6-18-37(38)42)41-25-24-34(35-16-4-5-17-36(35)41)33-28-48(46-22-10-12-26-50-46)52-49(29-33)47-23-11-13-27-51-47/h1-31H. The summed E-state index contributed by atoms with van der Waals surface area (Å²) < 4.78 is 0. The summed E-state index contributed by atoms with van der Waals surface area (Å²) in [5, 5.41) is 9.90. The molecule has 242 valence electrons. The number of hydrogen-bond acceptors (Lipinski definition) is 3. The Bertz CT molecular complexity index is 2880. The van der Waals surface area contributed by atoms with Gasteiger partial charge in [-0.25, -0.2) is 4.98 Å². The Balaban J connectivity index is 1.23. The maximum atomic E-state index is 5.03. The van der Waals surface area contributed by atoms with E-state index in [2.05, 4.69) is 149 Å². The van der Waals surface area contributed by atoms with Crippen molar-refractivity contribution >= 4 is 43.1 Å². The lowest BCUT2D eigenvalue weighted by atomic mass is 9.85. The van der Waals surface area contributed by atoms with E-state index in [1.807, 2.05) is 48.8 Å². The van der Waals surface area contributed by atoms with Gasteiger partial charge in [0.25, 0.3) is 0 Å². The van der Waals surface area contributed by atoms with Crippen LogP contribution in [0.2, 0.25) is 0 Å². The molecule has 7 aromatic carbocycles. The van der Waals surface area contributed by atoms with Crippen molar-refractivity contribution in [2.45, 2.75) is 0 Å². The minimum absolute atomic E-state index is 0.814. The molecule has 0 radical (unpaired) electrons. The number of fused-ring (bicyclic) bond motifs is 6. The second kappa shape index (κ2) is 12.4. The minimum atomic E-state index is 0.814. The summed E-state index contributed by atoms with van der Waals surface area (Å²) >= 11 is 0. The Morgan fingerprint density at radius 2 is 0.692 bits per heavy atom. The normalized spacial score (nSPS) is 11.5. The summed E-state index contributed by atoms with van der Waals surface area (Å²) in [6, 6.07) is 62.7. The van der Waals surface area contributed by atoms with Crippen LogP contribution in [0.1, 0.15) is 0 Å². The van der Waals surface area contributed by atoms with Gasteiger partial charge < -0.3 is 0 Å². The highest BCUT2D eigenvalue weighted by Crippen LogP contribution is 2.44. The summed E-state index contributed by atoms with van der Waals surface area (Å²) in [7, 11) is 0. The zero-order valence-electron chi connectivity index (χ0n) is 28.2. The first kappa shape index (κ1) is 29.9. The lowest BCUT2D eigenvalue weighted by Gasteiger charge is -2.18. The van der Waals surface area contributed by atoms with Crippen LogP contribution in [0.25, 0.3) is 99.2 Å². The van der Waals surface area contributed by atoms with E-state index < -0.39 is 0 Å². The third-order valence-electron chi connectivity index (χ3n) is 10.2. The molecule has 0 aliphatic carbocycles. The van der Waals surface area contributed by atoms with E-state index in [1.165, 1.54) is 65.3 Å². The number of nitrogens with zero attached hydrogens (tertiary/aromatic N) is 3. The molecule has 3 aromatic heterocycles. The molecule has 3 nitrogen and oxygen atoms in total. The molecule has 0 saturated heterocycles. The molecule has 0 aliphatic heterocycles. The third-order valence-corrected chi connectivity index (χ3v) is 10.2. The van der Waals surface area contributed by atoms with Crippen molar-refractivity contribution in [2.75, 3.05) is 0 Å². The largest absolute Gasteiger partial charge is 0.255 e. The van der Waals surface area contributed by atoms with Gasteiger partial charge in [-0.2, -0.15) is 0 Å². The molecule has 0 bridgehead atoms. The maximum Gasteiger partial charge on any atom is 0.0900 e. The van der Waals surface area contributed by atoms with Gasteiger partial charge in [-0.05, 0) is 125 Å². The quantitative estimate of drug-likeness (QED) is 0.172. The molecule has 52 heavy (non-hydrogen) atoms. The van der Waals surface area contributed by atoms with Gasteiger partial charge in [-0.3, -0.25) is 9.97 Å². The molecule has 0 N–H and O–H groups in total. The van der Waals surface area contributed by atoms with Crippen molar-refractivity contribution in [3.05, 3.63) is 188 Å². The van der Waals surface area contributed by atoms with Crippen molar-refractivity contribution in [3.63, 3.8) is 0 Å². The Morgan fingerprint density at radius 3 is 1.25 bits per heavy atom. The zero-order valence-corrected chi connectivity index (χ0v) is 28.2. The maximum absolute atomic E-state index is 5.03. The molecule has 0 unspecified atom stereocenters. The van der Waals surface area contributed by atoms with Gasteiger partial charge in [-0.1, -0.05) is 127 Å². The predicted octanol–water partition coefficient (Wildman–Crippen LogP) is 12.8. The smallest absolute Gasteiger partial charge is 0.0900 e. The first-order chi connectivity index (χ1) is 25.8. The van der Waals surface area contributed by atoms with Crippen LogP contribution in [0.4, 0.5) is 0 Å². The SMILES string of the molecule is c1ccc(-c2cc3c4ccccc4c(-c4ccc(-c5cc(-c6ccccn6)nc(-c6ccccn6)c5)c5ccccc45)cc3c3ccccc23)cc1. The lowest BCUT2D eigenvalue weighted by molar-refractivity contribution is 1.22. The molecule has 0 fully saturated rings. The summed E-state index contributed by atoms with van der Waals surface area (Å²) in [6.07, 6.45) is 3.63. The first-order valence-corrected chi connectivity index (χ1v) is 17.6. The molecule has 0 aliphatic rings. The lowest BCUT2D eigenvalue weighted by Crippen LogP contribution is -1.95. The van der Waals surface area contributed by atoms with Crippen molar-refractivity contribution in [1.29, 1.82) is 0 Å². The van der Waals surface area contributed by atoms with Crippen LogP contribution in [0, 0.1) is 0 Å². The Hall–Kier alpha value is -6.97. The van der Waals surface area contributed by atoms with Crippen molar-refractivity contribution in [1.82, 2.24) is 15.0 Å². The number of benzene rings is 7. The first-order valence-electron chi connectivity index (χ1n) is 17.6. The fourth-order valence-electron chi connectivity index (χ4n) is 7.79. The Labute approximate surface area is 301 Å². The van der Waals surface area contributed by atoms with E-state index in [-0.39, 0.29) is 0 Å².